The van der Waals surface area contributed by atoms with E-state index in [1.807, 2.05) is 0 Å². The van der Waals surface area contributed by atoms with Gasteiger partial charge in [0, 0.05) is 0 Å². The van der Waals surface area contributed by atoms with Crippen LogP contribution in [0.4, 0.5) is 0 Å². The van der Waals surface area contributed by atoms with E-state index in [9.17, 15) is 0 Å². The average molecular weight is 797 g/mol. The third kappa shape index (κ3) is 11.5. The molecule has 0 aliphatic heterocycles. The molecule has 0 N–H and O–H groups in total. The Morgan fingerprint density at radius 3 is 1.33 bits per heavy atom. The summed E-state index contributed by atoms with van der Waals surface area (Å²) in [6.45, 7) is 27.4. The minimum atomic E-state index is 0. The van der Waals surface area contributed by atoms with E-state index >= 15 is 0 Å². The first-order valence-electron chi connectivity index (χ1n) is 18.2. The molecular formula is C48H58Cl2Zr-2. The Bertz CT molecular complexity index is 1810. The van der Waals surface area contributed by atoms with Gasteiger partial charge in [-0.2, -0.15) is 11.1 Å². The van der Waals surface area contributed by atoms with Gasteiger partial charge in [-0.3, -0.25) is 6.08 Å². The van der Waals surface area contributed by atoms with Crippen molar-refractivity contribution in [2.24, 2.45) is 17.8 Å². The number of benzene rings is 4. The summed E-state index contributed by atoms with van der Waals surface area (Å²) in [4.78, 5) is 0. The van der Waals surface area contributed by atoms with E-state index in [2.05, 4.69) is 192 Å². The Balaban J connectivity index is 0.000000269. The van der Waals surface area contributed by atoms with Gasteiger partial charge in [0.25, 0.3) is 0 Å². The molecule has 1 aliphatic carbocycles. The van der Waals surface area contributed by atoms with E-state index < -0.39 is 0 Å². The van der Waals surface area contributed by atoms with Crippen LogP contribution in [-0.4, -0.2) is 3.21 Å². The Morgan fingerprint density at radius 2 is 1.00 bits per heavy atom. The molecule has 270 valence electrons. The first-order chi connectivity index (χ1) is 23.0. The van der Waals surface area contributed by atoms with Gasteiger partial charge in [-0.1, -0.05) is 130 Å². The third-order valence-corrected chi connectivity index (χ3v) is 10.9. The number of halogens is 2. The average Bonchev–Trinajstić information content (AvgIpc) is 3.67. The molecule has 5 aromatic rings. The Hall–Kier alpha value is -2.44. The summed E-state index contributed by atoms with van der Waals surface area (Å²) in [5.41, 5.74) is 10.6. The molecule has 5 aromatic carbocycles. The Morgan fingerprint density at radius 1 is 0.588 bits per heavy atom. The first-order valence-corrected chi connectivity index (χ1v) is 19.4. The molecule has 0 bridgehead atoms. The predicted molar refractivity (Wildman–Crippen MR) is 213 cm³/mol. The zero-order chi connectivity index (χ0) is 36.1. The van der Waals surface area contributed by atoms with Crippen LogP contribution < -0.4 is 24.8 Å². The van der Waals surface area contributed by atoms with Crippen LogP contribution in [0.15, 0.2) is 120 Å². The monoisotopic (exact) mass is 794 g/mol. The molecule has 51 heavy (non-hydrogen) atoms. The van der Waals surface area contributed by atoms with Gasteiger partial charge < -0.3 is 24.8 Å². The molecule has 0 radical (unpaired) electrons. The van der Waals surface area contributed by atoms with Crippen LogP contribution in [0, 0.1) is 23.8 Å². The summed E-state index contributed by atoms with van der Waals surface area (Å²) in [6.07, 6.45) is 4.63. The fraction of sp³-hybridized carbons (Fsp3) is 0.375. The quantitative estimate of drug-likeness (QED) is 0.162. The van der Waals surface area contributed by atoms with Crippen LogP contribution in [0.3, 0.4) is 0 Å². The minimum absolute atomic E-state index is 0. The fourth-order valence-electron chi connectivity index (χ4n) is 6.60. The molecule has 3 heteroatoms. The molecule has 0 amide bonds. The molecule has 0 aromatic heterocycles. The van der Waals surface area contributed by atoms with Crippen LogP contribution in [0.2, 0.25) is 0 Å². The van der Waals surface area contributed by atoms with Crippen molar-refractivity contribution in [2.75, 3.05) is 0 Å². The third-order valence-electron chi connectivity index (χ3n) is 9.52. The normalized spacial score (nSPS) is 13.0. The van der Waals surface area contributed by atoms with Crippen LogP contribution in [0.25, 0.3) is 21.5 Å². The maximum atomic E-state index is 3.56. The second kappa shape index (κ2) is 19.1. The van der Waals surface area contributed by atoms with Crippen molar-refractivity contribution in [1.29, 1.82) is 0 Å². The van der Waals surface area contributed by atoms with Gasteiger partial charge in [-0.15, -0.1) is 46.2 Å². The van der Waals surface area contributed by atoms with Gasteiger partial charge >= 0.3 is 99.2 Å². The molecule has 0 fully saturated rings. The summed E-state index contributed by atoms with van der Waals surface area (Å²) in [6, 6.07) is 37.3. The zero-order valence-corrected chi connectivity index (χ0v) is 37.0. The van der Waals surface area contributed by atoms with Gasteiger partial charge in [0.15, 0.2) is 0 Å². The molecule has 6 rings (SSSR count). The van der Waals surface area contributed by atoms with Crippen molar-refractivity contribution in [3.63, 3.8) is 0 Å². The summed E-state index contributed by atoms with van der Waals surface area (Å²) >= 11 is 1.46. The van der Waals surface area contributed by atoms with Gasteiger partial charge in [0.2, 0.25) is 0 Å². The zero-order valence-electron chi connectivity index (χ0n) is 33.0. The second-order valence-corrected chi connectivity index (χ2v) is 17.8. The molecular weight excluding hydrogens is 739 g/mol. The predicted octanol–water partition coefficient (Wildman–Crippen LogP) is 7.50. The molecule has 0 nitrogen and oxygen atoms in total. The van der Waals surface area contributed by atoms with E-state index in [-0.39, 0.29) is 35.6 Å². The first kappa shape index (κ1) is 44.7. The van der Waals surface area contributed by atoms with Crippen molar-refractivity contribution >= 4 is 24.8 Å². The van der Waals surface area contributed by atoms with E-state index in [1.165, 1.54) is 76.8 Å². The van der Waals surface area contributed by atoms with Crippen molar-refractivity contribution in [1.82, 2.24) is 0 Å². The van der Waals surface area contributed by atoms with Crippen LogP contribution in [-0.2, 0) is 35.1 Å². The van der Waals surface area contributed by atoms with E-state index in [0.29, 0.717) is 17.8 Å². The number of hydrogen-bond donors (Lipinski definition) is 0. The van der Waals surface area contributed by atoms with Gasteiger partial charge in [-0.05, 0) is 16.7 Å². The topological polar surface area (TPSA) is 0 Å². The van der Waals surface area contributed by atoms with Gasteiger partial charge in [-0.25, -0.2) is 5.57 Å². The van der Waals surface area contributed by atoms with Crippen LogP contribution in [0.5, 0.6) is 0 Å². The van der Waals surface area contributed by atoms with E-state index in [0.717, 1.165) is 6.42 Å². The summed E-state index contributed by atoms with van der Waals surface area (Å²) in [7, 11) is 0. The number of hydrogen-bond acceptors (Lipinski definition) is 0. The Labute approximate surface area is 337 Å². The van der Waals surface area contributed by atoms with E-state index in [1.54, 1.807) is 11.1 Å². The number of fused-ring (bicyclic) bond motifs is 3. The van der Waals surface area contributed by atoms with Crippen molar-refractivity contribution in [2.45, 2.75) is 100 Å². The fourth-order valence-corrected chi connectivity index (χ4v) is 7.42. The summed E-state index contributed by atoms with van der Waals surface area (Å²) in [5, 5.41) is 5.48. The van der Waals surface area contributed by atoms with E-state index in [4.69, 9.17) is 0 Å². The van der Waals surface area contributed by atoms with Crippen molar-refractivity contribution < 1.29 is 49.0 Å². The molecule has 1 aliphatic rings. The molecule has 0 atom stereocenters. The maximum absolute atomic E-state index is 3.56. The van der Waals surface area contributed by atoms with Gasteiger partial charge in [0.05, 0.1) is 0 Å². The summed E-state index contributed by atoms with van der Waals surface area (Å²) < 4.78 is 1.42. The molecule has 0 saturated heterocycles. The Kier molecular flexibility index (Phi) is 16.7. The molecule has 0 spiro atoms. The SMILES string of the molecule is CC(C)(C)c1ccc2c(c1)[cH-]c1cc(C(C)(C)C)ccc12.CC(C)C1=[C-]CC(C(C)C)=C1C(C)C.[Cl-].[Cl-].[Zr+2]=[C](c1ccccc1)c1ccccc1. The second-order valence-electron chi connectivity index (χ2n) is 16.5. The van der Waals surface area contributed by atoms with Crippen LogP contribution in [0.1, 0.15) is 112 Å². The number of allylic oxidation sites excluding steroid dienone is 4. The van der Waals surface area contributed by atoms with Crippen molar-refractivity contribution in [3.05, 3.63) is 148 Å². The number of rotatable bonds is 5. The standard InChI is InChI=1S/C21H25.C14H23.C13H10.2ClH.Zr/c1-20(2,3)16-7-9-18-14(12-16)11-15-13-17(21(4,5)6)8-10-19(15)18;1-9(2)12-7-8-13(10(3)4)14(12)11(5)6;1-3-7-12(8-4-1)11-13-9-5-2-6-10-13;;;/h7-13H,1-6H3;9-11H,7H2,1-6H3;1-10H;2*1H;/q2*-1;;;;+2/p-2. The molecule has 0 saturated carbocycles. The van der Waals surface area contributed by atoms with Crippen LogP contribution >= 0.6 is 0 Å². The molecule has 0 heterocycles. The summed E-state index contributed by atoms with van der Waals surface area (Å²) in [5.74, 6) is 1.96. The van der Waals surface area contributed by atoms with Crippen molar-refractivity contribution in [3.8, 4) is 0 Å². The molecule has 0 unspecified atom stereocenters. The van der Waals surface area contributed by atoms with Gasteiger partial charge in [0.1, 0.15) is 0 Å².